The van der Waals surface area contributed by atoms with Gasteiger partial charge in [0.2, 0.25) is 0 Å². The van der Waals surface area contributed by atoms with Crippen molar-refractivity contribution in [1.82, 2.24) is 10.5 Å². The summed E-state index contributed by atoms with van der Waals surface area (Å²) < 4.78 is 0. The maximum absolute atomic E-state index is 10.0. The number of rotatable bonds is 5. The summed E-state index contributed by atoms with van der Waals surface area (Å²) in [5, 5.41) is 17.2. The largest absolute Gasteiger partial charge is 0.480 e. The number of nitrogens with two attached hydrogens (primary N) is 1. The lowest BCUT2D eigenvalue weighted by molar-refractivity contribution is -0.143. The summed E-state index contributed by atoms with van der Waals surface area (Å²) in [6.07, 6.45) is 0. The molecule has 7 heteroatoms. The molecular formula is C4H9N3O4. The smallest absolute Gasteiger partial charge is 0.319 e. The minimum absolute atomic E-state index is 0.456. The highest BCUT2D eigenvalue weighted by molar-refractivity contribution is 5.72. The van der Waals surface area contributed by atoms with Gasteiger partial charge < -0.3 is 10.2 Å². The van der Waals surface area contributed by atoms with E-state index in [9.17, 15) is 9.59 Å². The summed E-state index contributed by atoms with van der Waals surface area (Å²) >= 11 is 0. The summed E-state index contributed by atoms with van der Waals surface area (Å²) in [5.41, 5.74) is 1.94. The second-order valence-electron chi connectivity index (χ2n) is 1.77. The molecule has 0 aliphatic rings. The molecule has 7 nitrogen and oxygen atoms in total. The predicted molar refractivity (Wildman–Crippen MR) is 34.2 cm³/mol. The molecule has 5 N–H and O–H groups in total. The average molecular weight is 163 g/mol. The molecular weight excluding hydrogens is 154 g/mol. The Hall–Kier alpha value is -1.18. The molecule has 0 aliphatic carbocycles. The zero-order valence-electron chi connectivity index (χ0n) is 5.65. The first-order valence-electron chi connectivity index (χ1n) is 2.71. The molecule has 0 unspecified atom stereocenters. The van der Waals surface area contributed by atoms with Crippen LogP contribution in [0.2, 0.25) is 0 Å². The second kappa shape index (κ2) is 4.61. The Morgan fingerprint density at radius 1 is 1.27 bits per heavy atom. The summed E-state index contributed by atoms with van der Waals surface area (Å²) in [6.45, 7) is -0.911. The van der Waals surface area contributed by atoms with Crippen LogP contribution in [-0.4, -0.2) is 40.3 Å². The van der Waals surface area contributed by atoms with Crippen LogP contribution >= 0.6 is 0 Å². The zero-order valence-corrected chi connectivity index (χ0v) is 5.65. The number of carboxylic acids is 2. The number of nitrogens with zero attached hydrogens (tertiary/aromatic N) is 1. The Kier molecular flexibility index (Phi) is 4.11. The van der Waals surface area contributed by atoms with Crippen molar-refractivity contribution in [3.8, 4) is 0 Å². The molecule has 0 amide bonds. The number of nitrogens with one attached hydrogen (secondary N) is 1. The molecule has 0 saturated carbocycles. The minimum Gasteiger partial charge on any atom is -0.480 e. The molecule has 0 radical (unpaired) electrons. The molecule has 0 aliphatic heterocycles. The van der Waals surface area contributed by atoms with Crippen LogP contribution in [0.5, 0.6) is 0 Å². The number of hydrazine groups is 2. The first-order chi connectivity index (χ1) is 5.06. The fourth-order valence-electron chi connectivity index (χ4n) is 0.474. The van der Waals surface area contributed by atoms with Crippen molar-refractivity contribution in [3.05, 3.63) is 0 Å². The van der Waals surface area contributed by atoms with E-state index in [-0.39, 0.29) is 0 Å². The maximum Gasteiger partial charge on any atom is 0.319 e. The third-order valence-electron chi connectivity index (χ3n) is 0.835. The first-order valence-corrected chi connectivity index (χ1v) is 2.71. The van der Waals surface area contributed by atoms with E-state index in [2.05, 4.69) is 0 Å². The van der Waals surface area contributed by atoms with Gasteiger partial charge in [0.15, 0.2) is 0 Å². The van der Waals surface area contributed by atoms with Crippen molar-refractivity contribution in [2.45, 2.75) is 0 Å². The van der Waals surface area contributed by atoms with Gasteiger partial charge >= 0.3 is 11.9 Å². The van der Waals surface area contributed by atoms with Gasteiger partial charge in [0.25, 0.3) is 0 Å². The number of carboxylic acid groups (broad SMARTS) is 2. The maximum atomic E-state index is 10.0. The predicted octanol–water partition coefficient (Wildman–Crippen LogP) is -2.16. The van der Waals surface area contributed by atoms with Gasteiger partial charge in [-0.05, 0) is 0 Å². The Labute approximate surface area is 62.3 Å². The van der Waals surface area contributed by atoms with Gasteiger partial charge in [0, 0.05) is 0 Å². The third kappa shape index (κ3) is 5.27. The molecule has 0 fully saturated rings. The Morgan fingerprint density at radius 2 is 1.64 bits per heavy atom. The number of aliphatic carboxylic acids is 2. The van der Waals surface area contributed by atoms with Crippen molar-refractivity contribution < 1.29 is 19.8 Å². The highest BCUT2D eigenvalue weighted by Gasteiger charge is 2.10. The molecule has 0 bridgehead atoms. The van der Waals surface area contributed by atoms with Crippen LogP contribution in [0.4, 0.5) is 0 Å². The molecule has 0 aromatic rings. The Bertz CT molecular complexity index is 143. The van der Waals surface area contributed by atoms with Crippen LogP contribution in [0.3, 0.4) is 0 Å². The third-order valence-corrected chi connectivity index (χ3v) is 0.835. The lowest BCUT2D eigenvalue weighted by atomic mass is 10.5. The lowest BCUT2D eigenvalue weighted by Crippen LogP contribution is -2.48. The van der Waals surface area contributed by atoms with Gasteiger partial charge in [0.05, 0.1) is 0 Å². The molecule has 0 heterocycles. The molecule has 0 aromatic carbocycles. The van der Waals surface area contributed by atoms with Crippen LogP contribution in [-0.2, 0) is 9.59 Å². The number of carbonyl (C=O) groups is 2. The summed E-state index contributed by atoms with van der Waals surface area (Å²) in [4.78, 5) is 20.0. The van der Waals surface area contributed by atoms with E-state index in [0.29, 0.717) is 0 Å². The molecule has 0 aromatic heterocycles. The molecule has 0 atom stereocenters. The standard InChI is InChI=1S/C4H9N3O4/c5-6-7(1-3(8)9)2-4(10)11/h6H,1-2,5H2,(H,8,9)(H,10,11). The average Bonchev–Trinajstić information content (AvgIpc) is 1.84. The van der Waals surface area contributed by atoms with E-state index in [1.807, 2.05) is 5.53 Å². The van der Waals surface area contributed by atoms with Crippen molar-refractivity contribution in [2.24, 2.45) is 5.84 Å². The highest BCUT2D eigenvalue weighted by atomic mass is 16.4. The van der Waals surface area contributed by atoms with Crippen LogP contribution in [0.25, 0.3) is 0 Å². The van der Waals surface area contributed by atoms with E-state index in [4.69, 9.17) is 16.1 Å². The van der Waals surface area contributed by atoms with E-state index in [1.54, 1.807) is 0 Å². The number of hydrogen-bond acceptors (Lipinski definition) is 5. The fourth-order valence-corrected chi connectivity index (χ4v) is 0.474. The first kappa shape index (κ1) is 9.82. The summed E-state index contributed by atoms with van der Waals surface area (Å²) in [6, 6.07) is 0. The molecule has 64 valence electrons. The molecule has 0 rings (SSSR count). The lowest BCUT2D eigenvalue weighted by Gasteiger charge is -2.14. The van der Waals surface area contributed by atoms with Crippen molar-refractivity contribution in [3.63, 3.8) is 0 Å². The topological polar surface area (TPSA) is 116 Å². The fraction of sp³-hybridized carbons (Fsp3) is 0.500. The normalized spacial score (nSPS) is 10.0. The van der Waals surface area contributed by atoms with Crippen molar-refractivity contribution in [2.75, 3.05) is 13.1 Å². The molecule has 0 saturated heterocycles. The zero-order chi connectivity index (χ0) is 8.85. The Balaban J connectivity index is 3.76. The van der Waals surface area contributed by atoms with Gasteiger partial charge in [-0.25, -0.2) is 5.01 Å². The van der Waals surface area contributed by atoms with E-state index < -0.39 is 25.0 Å². The minimum atomic E-state index is -1.15. The van der Waals surface area contributed by atoms with Crippen molar-refractivity contribution >= 4 is 11.9 Å². The van der Waals surface area contributed by atoms with Crippen molar-refractivity contribution in [1.29, 1.82) is 0 Å². The van der Waals surface area contributed by atoms with E-state index >= 15 is 0 Å². The molecule has 11 heavy (non-hydrogen) atoms. The summed E-state index contributed by atoms with van der Waals surface area (Å²) in [7, 11) is 0. The quantitative estimate of drug-likeness (QED) is 0.269. The van der Waals surface area contributed by atoms with Crippen LogP contribution in [0, 0.1) is 0 Å². The van der Waals surface area contributed by atoms with Gasteiger partial charge in [-0.2, -0.15) is 5.53 Å². The summed E-state index contributed by atoms with van der Waals surface area (Å²) in [5.74, 6) is 2.52. The molecule has 0 spiro atoms. The van der Waals surface area contributed by atoms with Crippen LogP contribution in [0.1, 0.15) is 0 Å². The van der Waals surface area contributed by atoms with Crippen LogP contribution < -0.4 is 11.4 Å². The monoisotopic (exact) mass is 163 g/mol. The van der Waals surface area contributed by atoms with E-state index in [0.717, 1.165) is 5.01 Å². The highest BCUT2D eigenvalue weighted by Crippen LogP contribution is 1.79. The second-order valence-corrected chi connectivity index (χ2v) is 1.77. The van der Waals surface area contributed by atoms with Gasteiger partial charge in [-0.15, -0.1) is 0 Å². The van der Waals surface area contributed by atoms with Crippen LogP contribution in [0.15, 0.2) is 0 Å². The van der Waals surface area contributed by atoms with Gasteiger partial charge in [-0.3, -0.25) is 15.4 Å². The Morgan fingerprint density at radius 3 is 1.82 bits per heavy atom. The van der Waals surface area contributed by atoms with E-state index in [1.165, 1.54) is 0 Å². The van der Waals surface area contributed by atoms with Gasteiger partial charge in [0.1, 0.15) is 13.1 Å². The SMILES string of the molecule is NNN(CC(=O)O)CC(=O)O. The number of hydrogen-bond donors (Lipinski definition) is 4. The van der Waals surface area contributed by atoms with Gasteiger partial charge in [-0.1, -0.05) is 0 Å².